The van der Waals surface area contributed by atoms with Gasteiger partial charge in [-0.25, -0.2) is 9.59 Å². The molecule has 14 heteroatoms. The van der Waals surface area contributed by atoms with E-state index in [4.69, 9.17) is 4.74 Å². The number of ether oxygens (including phenoxy) is 1. The van der Waals surface area contributed by atoms with Crippen LogP contribution in [0.1, 0.15) is 71.8 Å². The van der Waals surface area contributed by atoms with Gasteiger partial charge in [0.2, 0.25) is 17.6 Å². The zero-order valence-corrected chi connectivity index (χ0v) is 26.6. The fourth-order valence-electron chi connectivity index (χ4n) is 5.83. The Bertz CT molecular complexity index is 1460. The molecule has 13 nitrogen and oxygen atoms in total. The Balaban J connectivity index is 1.45. The molecule has 3 aliphatic rings. The molecule has 0 bridgehead atoms. The van der Waals surface area contributed by atoms with Gasteiger partial charge in [0.15, 0.2) is 0 Å². The van der Waals surface area contributed by atoms with E-state index in [0.29, 0.717) is 18.7 Å². The van der Waals surface area contributed by atoms with Crippen LogP contribution in [0.15, 0.2) is 40.9 Å². The van der Waals surface area contributed by atoms with Crippen LogP contribution < -0.4 is 10.6 Å². The molecular formula is C30H38BrN7O6. The third-order valence-corrected chi connectivity index (χ3v) is 8.89. The summed E-state index contributed by atoms with van der Waals surface area (Å²) in [5, 5.41) is 28.5. The number of carboxylic acids is 1. The Kier molecular flexibility index (Phi) is 9.10. The summed E-state index contributed by atoms with van der Waals surface area (Å²) in [6.45, 7) is 5.28. The molecule has 236 valence electrons. The van der Waals surface area contributed by atoms with Crippen LogP contribution in [0.2, 0.25) is 0 Å². The maximum atomic E-state index is 14.1. The lowest BCUT2D eigenvalue weighted by Gasteiger charge is -2.30. The van der Waals surface area contributed by atoms with E-state index in [1.54, 1.807) is 20.8 Å². The topological polar surface area (TPSA) is 169 Å². The molecule has 1 saturated heterocycles. The first kappa shape index (κ1) is 31.6. The van der Waals surface area contributed by atoms with Crippen LogP contribution in [-0.2, 0) is 19.1 Å². The first-order chi connectivity index (χ1) is 20.9. The van der Waals surface area contributed by atoms with Crippen molar-refractivity contribution in [2.75, 3.05) is 6.54 Å². The number of benzene rings is 1. The number of hydrogen-bond donors (Lipinski definition) is 3. The van der Waals surface area contributed by atoms with Gasteiger partial charge in [-0.05, 0) is 63.8 Å². The molecule has 3 N–H and O–H groups in total. The number of rotatable bonds is 4. The number of alkyl carbamates (subject to hydrolysis) is 1. The number of carbonyl (C=O) groups is 4. The Labute approximate surface area is 263 Å². The number of halogens is 1. The van der Waals surface area contributed by atoms with Gasteiger partial charge in [0, 0.05) is 28.9 Å². The summed E-state index contributed by atoms with van der Waals surface area (Å²) in [7, 11) is 0. The van der Waals surface area contributed by atoms with Crippen molar-refractivity contribution in [1.82, 2.24) is 35.7 Å². The number of tetrazole rings is 1. The minimum Gasteiger partial charge on any atom is -0.479 e. The number of amides is 3. The maximum Gasteiger partial charge on any atom is 0.408 e. The number of nitrogens with one attached hydrogen (secondary N) is 2. The van der Waals surface area contributed by atoms with Crippen molar-refractivity contribution in [1.29, 1.82) is 0 Å². The number of aromatic nitrogens is 4. The number of nitrogens with zero attached hydrogens (tertiary/aromatic N) is 5. The molecule has 2 aliphatic heterocycles. The zero-order chi connectivity index (χ0) is 31.6. The van der Waals surface area contributed by atoms with Gasteiger partial charge in [0.1, 0.15) is 23.2 Å². The van der Waals surface area contributed by atoms with Crippen molar-refractivity contribution in [3.8, 4) is 11.4 Å². The van der Waals surface area contributed by atoms with E-state index in [1.807, 2.05) is 36.4 Å². The van der Waals surface area contributed by atoms with E-state index in [9.17, 15) is 24.3 Å². The molecule has 1 aromatic heterocycles. The fraction of sp³-hybridized carbons (Fsp3) is 0.567. The second-order valence-electron chi connectivity index (χ2n) is 12.7. The number of carbonyl (C=O) groups excluding carboxylic acids is 3. The summed E-state index contributed by atoms with van der Waals surface area (Å²) in [5.41, 5.74) is -1.46. The molecule has 1 saturated carbocycles. The highest BCUT2D eigenvalue weighted by molar-refractivity contribution is 9.10. The van der Waals surface area contributed by atoms with Crippen LogP contribution in [0, 0.1) is 5.92 Å². The lowest BCUT2D eigenvalue weighted by atomic mass is 10.0. The SMILES string of the molecule is CC(C)(C)OC(=O)N[C@@H]1CCCCC/C=C\[C@@H]2C[C@]2(C(=O)O)NC(=O)[C@@H]2C[C@H](n3nnc(-c4ccccc4Br)n3)CN2C1=O. The predicted molar refractivity (Wildman–Crippen MR) is 162 cm³/mol. The smallest absolute Gasteiger partial charge is 0.408 e. The van der Waals surface area contributed by atoms with Crippen LogP contribution in [0.4, 0.5) is 4.79 Å². The molecule has 5 rings (SSSR count). The molecule has 3 heterocycles. The fourth-order valence-corrected chi connectivity index (χ4v) is 6.29. The molecule has 3 amide bonds. The van der Waals surface area contributed by atoms with Crippen LogP contribution >= 0.6 is 15.9 Å². The van der Waals surface area contributed by atoms with Crippen LogP contribution in [-0.4, -0.2) is 83.9 Å². The van der Waals surface area contributed by atoms with Gasteiger partial charge in [0.05, 0.1) is 6.04 Å². The average Bonchev–Trinajstić information content (AvgIpc) is 3.26. The number of hydrogen-bond acceptors (Lipinski definition) is 8. The van der Waals surface area contributed by atoms with Crippen molar-refractivity contribution in [2.24, 2.45) is 5.92 Å². The van der Waals surface area contributed by atoms with E-state index < -0.39 is 53.1 Å². The Morgan fingerprint density at radius 2 is 1.95 bits per heavy atom. The molecule has 1 aliphatic carbocycles. The van der Waals surface area contributed by atoms with Gasteiger partial charge in [-0.15, -0.1) is 10.2 Å². The first-order valence-electron chi connectivity index (χ1n) is 14.9. The lowest BCUT2D eigenvalue weighted by Crippen LogP contribution is -2.56. The predicted octanol–water partition coefficient (Wildman–Crippen LogP) is 3.62. The van der Waals surface area contributed by atoms with Crippen molar-refractivity contribution in [3.63, 3.8) is 0 Å². The highest BCUT2D eigenvalue weighted by Gasteiger charge is 2.61. The Hall–Kier alpha value is -3.81. The Morgan fingerprint density at radius 3 is 2.68 bits per heavy atom. The molecule has 0 unspecified atom stereocenters. The number of aliphatic carboxylic acids is 1. The molecule has 2 aromatic rings. The summed E-state index contributed by atoms with van der Waals surface area (Å²) < 4.78 is 6.23. The van der Waals surface area contributed by atoms with E-state index in [0.717, 1.165) is 29.3 Å². The van der Waals surface area contributed by atoms with Gasteiger partial charge >= 0.3 is 12.1 Å². The number of carboxylic acid groups (broad SMARTS) is 1. The summed E-state index contributed by atoms with van der Waals surface area (Å²) >= 11 is 3.50. The van der Waals surface area contributed by atoms with Gasteiger partial charge in [-0.2, -0.15) is 4.80 Å². The van der Waals surface area contributed by atoms with E-state index in [2.05, 4.69) is 42.0 Å². The van der Waals surface area contributed by atoms with Crippen molar-refractivity contribution < 1.29 is 29.0 Å². The van der Waals surface area contributed by atoms with Crippen molar-refractivity contribution in [3.05, 3.63) is 40.9 Å². The summed E-state index contributed by atoms with van der Waals surface area (Å²) in [5.74, 6) is -2.09. The van der Waals surface area contributed by atoms with Crippen LogP contribution in [0.5, 0.6) is 0 Å². The molecule has 1 aromatic carbocycles. The lowest BCUT2D eigenvalue weighted by molar-refractivity contribution is -0.145. The third kappa shape index (κ3) is 6.95. The zero-order valence-electron chi connectivity index (χ0n) is 25.0. The summed E-state index contributed by atoms with van der Waals surface area (Å²) in [4.78, 5) is 55.9. The second kappa shape index (κ2) is 12.7. The summed E-state index contributed by atoms with van der Waals surface area (Å²) in [6, 6.07) is 4.96. The van der Waals surface area contributed by atoms with E-state index in [-0.39, 0.29) is 25.3 Å². The first-order valence-corrected chi connectivity index (χ1v) is 15.7. The maximum absolute atomic E-state index is 14.1. The largest absolute Gasteiger partial charge is 0.479 e. The standard InChI is InChI=1S/C30H38BrN7O6/c1-29(2,3)44-28(43)32-22-14-8-6-4-5-7-11-18-16-30(18,27(41)42)33-25(39)23-15-19(17-37(23)26(22)40)38-35-24(34-36-38)20-12-9-10-13-21(20)31/h7,9-13,18-19,22-23H,4-6,8,14-17H2,1-3H3,(H,32,43)(H,33,39)(H,41,42)/b11-7-/t18-,19+,22-,23+,30+/m1/s1. The monoisotopic (exact) mass is 671 g/mol. The van der Waals surface area contributed by atoms with E-state index in [1.165, 1.54) is 9.70 Å². The highest BCUT2D eigenvalue weighted by atomic mass is 79.9. The normalized spacial score (nSPS) is 28.5. The number of fused-ring (bicyclic) bond motifs is 2. The van der Waals surface area contributed by atoms with Crippen molar-refractivity contribution >= 4 is 39.8 Å². The molecule has 44 heavy (non-hydrogen) atoms. The average molecular weight is 673 g/mol. The molecule has 0 spiro atoms. The molecule has 5 atom stereocenters. The molecule has 0 radical (unpaired) electrons. The highest BCUT2D eigenvalue weighted by Crippen LogP contribution is 2.45. The van der Waals surface area contributed by atoms with Crippen LogP contribution in [0.25, 0.3) is 11.4 Å². The van der Waals surface area contributed by atoms with Gasteiger partial charge in [0.25, 0.3) is 0 Å². The second-order valence-corrected chi connectivity index (χ2v) is 13.5. The number of allylic oxidation sites excluding steroid dienone is 1. The molecule has 2 fully saturated rings. The third-order valence-electron chi connectivity index (χ3n) is 8.20. The van der Waals surface area contributed by atoms with Gasteiger partial charge < -0.3 is 25.4 Å². The summed E-state index contributed by atoms with van der Waals surface area (Å²) in [6.07, 6.45) is 6.93. The minimum atomic E-state index is -1.42. The van der Waals surface area contributed by atoms with Gasteiger partial charge in [-0.3, -0.25) is 9.59 Å². The quantitative estimate of drug-likeness (QED) is 0.411. The van der Waals surface area contributed by atoms with Crippen molar-refractivity contribution in [2.45, 2.75) is 95.0 Å². The van der Waals surface area contributed by atoms with Gasteiger partial charge in [-0.1, -0.05) is 53.1 Å². The Morgan fingerprint density at radius 1 is 1.18 bits per heavy atom. The molecular weight excluding hydrogens is 634 g/mol. The minimum absolute atomic E-state index is 0.0680. The van der Waals surface area contributed by atoms with Crippen LogP contribution in [0.3, 0.4) is 0 Å². The van der Waals surface area contributed by atoms with E-state index >= 15 is 0 Å².